The van der Waals surface area contributed by atoms with Crippen LogP contribution < -0.4 is 11.0 Å². The minimum atomic E-state index is -2.71. The predicted octanol–water partition coefficient (Wildman–Crippen LogP) is 2.64. The van der Waals surface area contributed by atoms with Gasteiger partial charge in [-0.3, -0.25) is 0 Å². The maximum Gasteiger partial charge on any atom is 0.216 e. The fourth-order valence-corrected chi connectivity index (χ4v) is 2.60. The second-order valence-electron chi connectivity index (χ2n) is 4.38. The van der Waals surface area contributed by atoms with Crippen molar-refractivity contribution in [2.24, 2.45) is 11.7 Å². The fourth-order valence-electron chi connectivity index (χ4n) is 0.866. The number of hydrogen-bond donors (Lipinski definition) is 2. The highest BCUT2D eigenvalue weighted by Crippen LogP contribution is 2.40. The Morgan fingerprint density at radius 1 is 1.28 bits per heavy atom. The van der Waals surface area contributed by atoms with Crippen LogP contribution in [0.3, 0.4) is 0 Å². The minimum absolute atomic E-state index is 0.352. The predicted molar refractivity (Wildman–Crippen MR) is 82.7 cm³/mol. The van der Waals surface area contributed by atoms with Crippen molar-refractivity contribution in [1.29, 1.82) is 0 Å². The Kier molecular flexibility index (Phi) is 8.66. The standard InChI is InChI=1S/C8H11O2PS.C5H13N/c1-2-10-11(9,12)8-6-4-3-5-7-8;1-4(2)5(3)6/h3-7H,2H2,1H3,(H,9,12);4-5H,6H2,1-3H3. The van der Waals surface area contributed by atoms with Gasteiger partial charge in [-0.1, -0.05) is 32.0 Å². The zero-order valence-electron chi connectivity index (χ0n) is 11.5. The lowest BCUT2D eigenvalue weighted by Gasteiger charge is -2.13. The van der Waals surface area contributed by atoms with Crippen LogP contribution in [0.2, 0.25) is 0 Å². The summed E-state index contributed by atoms with van der Waals surface area (Å²) >= 11 is 4.95. The number of benzene rings is 1. The summed E-state index contributed by atoms with van der Waals surface area (Å²) in [4.78, 5) is 9.69. The van der Waals surface area contributed by atoms with Gasteiger partial charge in [0, 0.05) is 11.3 Å². The third kappa shape index (κ3) is 7.24. The first-order valence-corrected chi connectivity index (χ1v) is 8.77. The van der Waals surface area contributed by atoms with Crippen LogP contribution >= 0.6 is 6.49 Å². The summed E-state index contributed by atoms with van der Waals surface area (Å²) < 4.78 is 5.10. The SMILES string of the molecule is CC(C)C(C)N.CCOP(O)(=S)c1ccccc1. The van der Waals surface area contributed by atoms with Crippen LogP contribution in [0.4, 0.5) is 0 Å². The molecule has 2 atom stereocenters. The highest BCUT2D eigenvalue weighted by atomic mass is 32.5. The molecule has 18 heavy (non-hydrogen) atoms. The molecule has 0 bridgehead atoms. The zero-order valence-corrected chi connectivity index (χ0v) is 13.2. The maximum absolute atomic E-state index is 9.69. The molecule has 0 aromatic heterocycles. The maximum atomic E-state index is 9.69. The van der Waals surface area contributed by atoms with Crippen molar-refractivity contribution in [3.8, 4) is 0 Å². The van der Waals surface area contributed by atoms with Crippen molar-refractivity contribution in [2.45, 2.75) is 33.7 Å². The molecule has 0 saturated carbocycles. The van der Waals surface area contributed by atoms with Gasteiger partial charge in [-0.2, -0.15) is 0 Å². The molecule has 3 N–H and O–H groups in total. The van der Waals surface area contributed by atoms with E-state index >= 15 is 0 Å². The summed E-state index contributed by atoms with van der Waals surface area (Å²) in [6.45, 7) is 5.81. The fraction of sp³-hybridized carbons (Fsp3) is 0.538. The third-order valence-corrected chi connectivity index (χ3v) is 4.95. The van der Waals surface area contributed by atoms with Crippen LogP contribution in [0.15, 0.2) is 30.3 Å². The smallest absolute Gasteiger partial charge is 0.216 e. The van der Waals surface area contributed by atoms with E-state index in [1.54, 1.807) is 12.1 Å². The van der Waals surface area contributed by atoms with Crippen molar-refractivity contribution in [2.75, 3.05) is 6.61 Å². The number of rotatable bonds is 4. The van der Waals surface area contributed by atoms with E-state index in [1.807, 2.05) is 32.0 Å². The second kappa shape index (κ2) is 8.78. The molecule has 0 aliphatic rings. The van der Waals surface area contributed by atoms with Crippen LogP contribution in [0.5, 0.6) is 0 Å². The van der Waals surface area contributed by atoms with E-state index in [0.29, 0.717) is 23.9 Å². The average Bonchev–Trinajstić information content (AvgIpc) is 2.31. The first-order chi connectivity index (χ1) is 8.31. The summed E-state index contributed by atoms with van der Waals surface area (Å²) in [7, 11) is 0. The normalized spacial score (nSPS) is 15.5. The van der Waals surface area contributed by atoms with Crippen molar-refractivity contribution >= 4 is 23.6 Å². The molecule has 0 amide bonds. The van der Waals surface area contributed by atoms with Crippen LogP contribution in [-0.2, 0) is 16.3 Å². The molecule has 0 saturated heterocycles. The summed E-state index contributed by atoms with van der Waals surface area (Å²) in [5.74, 6) is 0.630. The van der Waals surface area contributed by atoms with E-state index in [4.69, 9.17) is 22.1 Å². The van der Waals surface area contributed by atoms with Crippen molar-refractivity contribution in [3.63, 3.8) is 0 Å². The Balaban J connectivity index is 0.000000411. The Morgan fingerprint density at radius 2 is 1.72 bits per heavy atom. The Labute approximate surface area is 116 Å². The lowest BCUT2D eigenvalue weighted by Crippen LogP contribution is -2.21. The summed E-state index contributed by atoms with van der Waals surface area (Å²) in [5.41, 5.74) is 5.44. The molecule has 1 aromatic carbocycles. The highest BCUT2D eigenvalue weighted by molar-refractivity contribution is 8.13. The van der Waals surface area contributed by atoms with Gasteiger partial charge in [0.05, 0.1) is 6.61 Å². The molecule has 1 aromatic rings. The van der Waals surface area contributed by atoms with Crippen LogP contribution in [-0.4, -0.2) is 17.5 Å². The molecule has 0 radical (unpaired) electrons. The van der Waals surface area contributed by atoms with Crippen LogP contribution in [0, 0.1) is 5.92 Å². The molecule has 0 fully saturated rings. The van der Waals surface area contributed by atoms with Crippen molar-refractivity contribution < 1.29 is 9.42 Å². The lowest BCUT2D eigenvalue weighted by molar-refractivity contribution is 0.335. The molecule has 0 aliphatic carbocycles. The molecular formula is C13H24NO2PS. The van der Waals surface area contributed by atoms with Crippen LogP contribution in [0.1, 0.15) is 27.7 Å². The second-order valence-corrected chi connectivity index (χ2v) is 7.68. The molecule has 0 heterocycles. The lowest BCUT2D eigenvalue weighted by atomic mass is 10.1. The largest absolute Gasteiger partial charge is 0.342 e. The van der Waals surface area contributed by atoms with Gasteiger partial charge in [-0.15, -0.1) is 0 Å². The topological polar surface area (TPSA) is 55.5 Å². The van der Waals surface area contributed by atoms with E-state index in [9.17, 15) is 4.89 Å². The van der Waals surface area contributed by atoms with Crippen molar-refractivity contribution in [1.82, 2.24) is 0 Å². The molecule has 2 unspecified atom stereocenters. The number of nitrogens with two attached hydrogens (primary N) is 1. The van der Waals surface area contributed by atoms with Crippen LogP contribution in [0.25, 0.3) is 0 Å². The van der Waals surface area contributed by atoms with E-state index < -0.39 is 6.49 Å². The molecule has 0 spiro atoms. The highest BCUT2D eigenvalue weighted by Gasteiger charge is 2.14. The average molecular weight is 289 g/mol. The third-order valence-electron chi connectivity index (χ3n) is 2.44. The first kappa shape index (κ1) is 17.8. The quantitative estimate of drug-likeness (QED) is 0.837. The Hall–Kier alpha value is -0.250. The molecule has 5 heteroatoms. The summed E-state index contributed by atoms with van der Waals surface area (Å²) in [5, 5.41) is 0.710. The minimum Gasteiger partial charge on any atom is -0.342 e. The number of hydrogen-bond acceptors (Lipinski definition) is 3. The monoisotopic (exact) mass is 289 g/mol. The Morgan fingerprint density at radius 3 is 2.06 bits per heavy atom. The van der Waals surface area contributed by atoms with E-state index in [0.717, 1.165) is 0 Å². The molecule has 104 valence electrons. The van der Waals surface area contributed by atoms with Gasteiger partial charge in [-0.05, 0) is 43.7 Å². The van der Waals surface area contributed by atoms with Gasteiger partial charge in [0.2, 0.25) is 6.49 Å². The Bertz CT molecular complexity index is 363. The van der Waals surface area contributed by atoms with Gasteiger partial charge in [0.15, 0.2) is 0 Å². The van der Waals surface area contributed by atoms with Gasteiger partial charge < -0.3 is 15.2 Å². The van der Waals surface area contributed by atoms with Crippen molar-refractivity contribution in [3.05, 3.63) is 30.3 Å². The summed E-state index contributed by atoms with van der Waals surface area (Å²) in [6, 6.07) is 9.49. The van der Waals surface area contributed by atoms with Gasteiger partial charge in [0.1, 0.15) is 0 Å². The first-order valence-electron chi connectivity index (χ1n) is 6.09. The van der Waals surface area contributed by atoms with Gasteiger partial charge in [-0.25, -0.2) is 0 Å². The zero-order chi connectivity index (χ0) is 14.2. The van der Waals surface area contributed by atoms with Gasteiger partial charge >= 0.3 is 0 Å². The summed E-state index contributed by atoms with van der Waals surface area (Å²) in [6.07, 6.45) is 0. The molecule has 1 rings (SSSR count). The molecule has 0 aliphatic heterocycles. The molecule has 3 nitrogen and oxygen atoms in total. The van der Waals surface area contributed by atoms with Gasteiger partial charge in [0.25, 0.3) is 0 Å². The molecular weight excluding hydrogens is 265 g/mol. The van der Waals surface area contributed by atoms with E-state index in [2.05, 4.69) is 13.8 Å². The van der Waals surface area contributed by atoms with E-state index in [-0.39, 0.29) is 0 Å². The van der Waals surface area contributed by atoms with E-state index in [1.165, 1.54) is 0 Å².